The Labute approximate surface area is 151 Å². The molecule has 0 aliphatic carbocycles. The highest BCUT2D eigenvalue weighted by Gasteiger charge is 2.23. The predicted molar refractivity (Wildman–Crippen MR) is 96.3 cm³/mol. The molecule has 0 spiro atoms. The van der Waals surface area contributed by atoms with Crippen LogP contribution in [-0.4, -0.2) is 57.5 Å². The Morgan fingerprint density at radius 3 is 2.64 bits per heavy atom. The normalized spacial score (nSPS) is 15.0. The van der Waals surface area contributed by atoms with Crippen LogP contribution in [0, 0.1) is 5.82 Å². The lowest BCUT2D eigenvalue weighted by Gasteiger charge is -2.36. The maximum atomic E-state index is 13.9. The molecule has 0 saturated carbocycles. The van der Waals surface area contributed by atoms with Gasteiger partial charge >= 0.3 is 0 Å². The Morgan fingerprint density at radius 2 is 1.96 bits per heavy atom. The van der Waals surface area contributed by atoms with Crippen molar-refractivity contribution in [3.8, 4) is 0 Å². The van der Waals surface area contributed by atoms with Gasteiger partial charge in [0.1, 0.15) is 12.1 Å². The predicted octanol–water partition coefficient (Wildman–Crippen LogP) is 2.44. The van der Waals surface area contributed by atoms with Crippen molar-refractivity contribution in [1.29, 1.82) is 0 Å². The molecule has 6 nitrogen and oxygen atoms in total. The van der Waals surface area contributed by atoms with Crippen LogP contribution in [0.4, 0.5) is 10.1 Å². The smallest absolute Gasteiger partial charge is 0.233 e. The first-order valence-electron chi connectivity index (χ1n) is 8.36. The Balaban J connectivity index is 1.52. The van der Waals surface area contributed by atoms with E-state index >= 15 is 0 Å². The molecule has 2 heterocycles. The van der Waals surface area contributed by atoms with Crippen molar-refractivity contribution in [3.63, 3.8) is 0 Å². The largest absolute Gasteiger partial charge is 0.366 e. The number of aromatic nitrogens is 3. The van der Waals surface area contributed by atoms with Crippen LogP contribution < -0.4 is 4.90 Å². The Kier molecular flexibility index (Phi) is 5.57. The Bertz CT molecular complexity index is 727. The minimum absolute atomic E-state index is 0.0801. The van der Waals surface area contributed by atoms with Gasteiger partial charge in [-0.25, -0.2) is 4.39 Å². The summed E-state index contributed by atoms with van der Waals surface area (Å²) in [5, 5.41) is 8.74. The van der Waals surface area contributed by atoms with Gasteiger partial charge < -0.3 is 14.4 Å². The molecule has 1 aromatic heterocycles. The first-order valence-corrected chi connectivity index (χ1v) is 9.34. The molecule has 134 valence electrons. The molecule has 0 atom stereocenters. The van der Waals surface area contributed by atoms with Gasteiger partial charge in [0.15, 0.2) is 5.16 Å². The van der Waals surface area contributed by atoms with Crippen molar-refractivity contribution < 1.29 is 9.18 Å². The average molecular weight is 363 g/mol. The van der Waals surface area contributed by atoms with E-state index in [1.54, 1.807) is 18.5 Å². The van der Waals surface area contributed by atoms with Gasteiger partial charge in [0.25, 0.3) is 0 Å². The number of benzene rings is 1. The molecule has 0 radical (unpaired) electrons. The number of rotatable bonds is 5. The number of carbonyl (C=O) groups is 1. The molecular formula is C17H22FN5OS. The van der Waals surface area contributed by atoms with Gasteiger partial charge in [-0.15, -0.1) is 10.2 Å². The third kappa shape index (κ3) is 4.12. The summed E-state index contributed by atoms with van der Waals surface area (Å²) in [5.74, 6) is 0.202. The molecule has 1 fully saturated rings. The molecule has 2 aromatic rings. The number of thioether (sulfide) groups is 1. The van der Waals surface area contributed by atoms with Crippen molar-refractivity contribution >= 4 is 23.4 Å². The fraction of sp³-hybridized carbons (Fsp3) is 0.471. The number of para-hydroxylation sites is 1. The number of hydrogen-bond donors (Lipinski definition) is 0. The topological polar surface area (TPSA) is 54.3 Å². The van der Waals surface area contributed by atoms with Crippen LogP contribution in [0.1, 0.15) is 19.9 Å². The van der Waals surface area contributed by atoms with Gasteiger partial charge in [-0.05, 0) is 26.0 Å². The molecule has 3 rings (SSSR count). The third-order valence-corrected chi connectivity index (χ3v) is 5.19. The van der Waals surface area contributed by atoms with Crippen molar-refractivity contribution in [2.75, 3.05) is 36.8 Å². The number of piperazine rings is 1. The molecule has 1 aliphatic heterocycles. The highest BCUT2D eigenvalue weighted by atomic mass is 32.2. The lowest BCUT2D eigenvalue weighted by Crippen LogP contribution is -2.49. The van der Waals surface area contributed by atoms with Crippen LogP contribution in [-0.2, 0) is 4.79 Å². The van der Waals surface area contributed by atoms with Crippen LogP contribution >= 0.6 is 11.8 Å². The number of halogens is 1. The van der Waals surface area contributed by atoms with Gasteiger partial charge in [-0.3, -0.25) is 4.79 Å². The second-order valence-electron chi connectivity index (χ2n) is 6.22. The summed E-state index contributed by atoms with van der Waals surface area (Å²) in [6.07, 6.45) is 1.69. The molecule has 25 heavy (non-hydrogen) atoms. The van der Waals surface area contributed by atoms with Crippen LogP contribution in [0.5, 0.6) is 0 Å². The van der Waals surface area contributed by atoms with E-state index in [9.17, 15) is 9.18 Å². The molecule has 0 unspecified atom stereocenters. The van der Waals surface area contributed by atoms with Crippen LogP contribution in [0.3, 0.4) is 0 Å². The Hall–Kier alpha value is -2.09. The summed E-state index contributed by atoms with van der Waals surface area (Å²) in [7, 11) is 0. The van der Waals surface area contributed by atoms with E-state index in [0.717, 1.165) is 5.16 Å². The second kappa shape index (κ2) is 7.86. The molecule has 1 saturated heterocycles. The minimum Gasteiger partial charge on any atom is -0.366 e. The second-order valence-corrected chi connectivity index (χ2v) is 7.16. The van der Waals surface area contributed by atoms with Gasteiger partial charge in [-0.2, -0.15) is 0 Å². The molecule has 1 aromatic carbocycles. The summed E-state index contributed by atoms with van der Waals surface area (Å²) >= 11 is 1.41. The highest BCUT2D eigenvalue weighted by molar-refractivity contribution is 7.99. The summed E-state index contributed by atoms with van der Waals surface area (Å²) in [6, 6.07) is 7.02. The van der Waals surface area contributed by atoms with Crippen molar-refractivity contribution in [3.05, 3.63) is 36.4 Å². The van der Waals surface area contributed by atoms with Crippen LogP contribution in [0.2, 0.25) is 0 Å². The Morgan fingerprint density at radius 1 is 1.24 bits per heavy atom. The fourth-order valence-corrected chi connectivity index (χ4v) is 3.76. The molecule has 1 amide bonds. The monoisotopic (exact) mass is 363 g/mol. The van der Waals surface area contributed by atoms with E-state index in [0.29, 0.717) is 37.6 Å². The van der Waals surface area contributed by atoms with Gasteiger partial charge in [0, 0.05) is 32.2 Å². The maximum Gasteiger partial charge on any atom is 0.233 e. The van der Waals surface area contributed by atoms with E-state index in [1.807, 2.05) is 20.4 Å². The standard InChI is InChI=1S/C17H22FN5OS/c1-13(2)23-12-19-20-17(23)25-11-16(24)22-9-7-21(8-10-22)15-6-4-3-5-14(15)18/h3-6,12-13H,7-11H2,1-2H3. The quantitative estimate of drug-likeness (QED) is 0.764. The summed E-state index contributed by atoms with van der Waals surface area (Å²) in [4.78, 5) is 16.3. The van der Waals surface area contributed by atoms with Crippen molar-refractivity contribution in [2.45, 2.75) is 25.0 Å². The summed E-state index contributed by atoms with van der Waals surface area (Å²) in [5.41, 5.74) is 0.606. The lowest BCUT2D eigenvalue weighted by molar-refractivity contribution is -0.128. The zero-order valence-corrected chi connectivity index (χ0v) is 15.2. The molecule has 8 heteroatoms. The highest BCUT2D eigenvalue weighted by Crippen LogP contribution is 2.22. The maximum absolute atomic E-state index is 13.9. The molecular weight excluding hydrogens is 341 g/mol. The number of amides is 1. The van der Waals surface area contributed by atoms with Crippen LogP contribution in [0.15, 0.2) is 35.7 Å². The van der Waals surface area contributed by atoms with Gasteiger partial charge in [-0.1, -0.05) is 23.9 Å². The number of nitrogens with zero attached hydrogens (tertiary/aromatic N) is 5. The van der Waals surface area contributed by atoms with Crippen LogP contribution in [0.25, 0.3) is 0 Å². The van der Waals surface area contributed by atoms with E-state index in [-0.39, 0.29) is 17.8 Å². The molecule has 1 aliphatic rings. The van der Waals surface area contributed by atoms with E-state index < -0.39 is 0 Å². The van der Waals surface area contributed by atoms with Crippen molar-refractivity contribution in [2.24, 2.45) is 0 Å². The van der Waals surface area contributed by atoms with E-state index in [2.05, 4.69) is 24.0 Å². The number of carbonyl (C=O) groups excluding carboxylic acids is 1. The SMILES string of the molecule is CC(C)n1cnnc1SCC(=O)N1CCN(c2ccccc2F)CC1. The molecule has 0 N–H and O–H groups in total. The first kappa shape index (κ1) is 17.7. The summed E-state index contributed by atoms with van der Waals surface area (Å²) in [6.45, 7) is 6.59. The van der Waals surface area contributed by atoms with Gasteiger partial charge in [0.2, 0.25) is 5.91 Å². The first-order chi connectivity index (χ1) is 12.1. The number of hydrogen-bond acceptors (Lipinski definition) is 5. The van der Waals surface area contributed by atoms with Gasteiger partial charge in [0.05, 0.1) is 11.4 Å². The van der Waals surface area contributed by atoms with E-state index in [1.165, 1.54) is 17.8 Å². The lowest BCUT2D eigenvalue weighted by atomic mass is 10.2. The number of anilines is 1. The minimum atomic E-state index is -0.217. The fourth-order valence-electron chi connectivity index (χ4n) is 2.81. The average Bonchev–Trinajstić information content (AvgIpc) is 3.09. The van der Waals surface area contributed by atoms with E-state index in [4.69, 9.17) is 0 Å². The zero-order chi connectivity index (χ0) is 17.8. The third-order valence-electron chi connectivity index (χ3n) is 4.25. The molecule has 0 bridgehead atoms. The summed E-state index contributed by atoms with van der Waals surface area (Å²) < 4.78 is 15.8. The zero-order valence-electron chi connectivity index (χ0n) is 14.4. The van der Waals surface area contributed by atoms with Crippen molar-refractivity contribution in [1.82, 2.24) is 19.7 Å².